The lowest BCUT2D eigenvalue weighted by atomic mass is 9.77. The molecule has 7 heteroatoms. The summed E-state index contributed by atoms with van der Waals surface area (Å²) in [5.41, 5.74) is 1.13. The molecule has 0 spiro atoms. The second-order valence-electron chi connectivity index (χ2n) is 10.9. The molecule has 2 aromatic carbocycles. The highest BCUT2D eigenvalue weighted by atomic mass is 16.6. The normalized spacial score (nSPS) is 23.7. The number of fused-ring (bicyclic) bond motifs is 2. The number of hydrogen-bond donors (Lipinski definition) is 0. The molecule has 1 fully saturated rings. The van der Waals surface area contributed by atoms with Gasteiger partial charge in [-0.15, -0.1) is 0 Å². The monoisotopic (exact) mass is 507 g/mol. The van der Waals surface area contributed by atoms with Crippen LogP contribution in [0.25, 0.3) is 6.08 Å². The number of benzene rings is 2. The number of hydrogen-bond acceptors (Lipinski definition) is 6. The molecule has 198 valence electrons. The van der Waals surface area contributed by atoms with E-state index in [-0.39, 0.29) is 12.0 Å². The van der Waals surface area contributed by atoms with Crippen LogP contribution in [-0.4, -0.2) is 37.4 Å². The van der Waals surface area contributed by atoms with Gasteiger partial charge in [0.25, 0.3) is 0 Å². The predicted molar refractivity (Wildman–Crippen MR) is 141 cm³/mol. The van der Waals surface area contributed by atoms with Crippen molar-refractivity contribution in [3.05, 3.63) is 58.8 Å². The third-order valence-electron chi connectivity index (χ3n) is 7.38. The van der Waals surface area contributed by atoms with Crippen molar-refractivity contribution >= 4 is 12.2 Å². The van der Waals surface area contributed by atoms with Gasteiger partial charge in [0.15, 0.2) is 11.5 Å². The van der Waals surface area contributed by atoms with Crippen molar-refractivity contribution in [1.82, 2.24) is 4.90 Å². The fourth-order valence-electron chi connectivity index (χ4n) is 5.75. The number of amides is 1. The smallest absolute Gasteiger partial charge is 0.413 e. The summed E-state index contributed by atoms with van der Waals surface area (Å²) >= 11 is 0. The van der Waals surface area contributed by atoms with Gasteiger partial charge in [-0.05, 0) is 75.6 Å². The molecule has 0 aliphatic carbocycles. The summed E-state index contributed by atoms with van der Waals surface area (Å²) in [7, 11) is 3.27. The molecular weight excluding hydrogens is 470 g/mol. The molecule has 3 aliphatic rings. The molecule has 0 unspecified atom stereocenters. The maximum absolute atomic E-state index is 13.7. The Kier molecular flexibility index (Phi) is 6.50. The minimum atomic E-state index is -1.13. The highest BCUT2D eigenvalue weighted by Gasteiger charge is 2.63. The van der Waals surface area contributed by atoms with Gasteiger partial charge in [-0.1, -0.05) is 19.4 Å². The fourth-order valence-corrected chi connectivity index (χ4v) is 5.75. The lowest BCUT2D eigenvalue weighted by Crippen LogP contribution is -2.56. The minimum Gasteiger partial charge on any atom is -0.497 e. The van der Waals surface area contributed by atoms with Crippen molar-refractivity contribution in [1.29, 1.82) is 0 Å². The van der Waals surface area contributed by atoms with E-state index in [0.717, 1.165) is 47.5 Å². The first-order valence-electron chi connectivity index (χ1n) is 13.1. The van der Waals surface area contributed by atoms with E-state index in [1.807, 2.05) is 51.1 Å². The first-order chi connectivity index (χ1) is 17.7. The lowest BCUT2D eigenvalue weighted by molar-refractivity contribution is -0.143. The molecule has 3 aliphatic heterocycles. The zero-order valence-corrected chi connectivity index (χ0v) is 22.6. The van der Waals surface area contributed by atoms with Gasteiger partial charge in [0.2, 0.25) is 5.72 Å². The Hall–Kier alpha value is -3.35. The van der Waals surface area contributed by atoms with E-state index >= 15 is 0 Å². The van der Waals surface area contributed by atoms with E-state index in [0.29, 0.717) is 24.5 Å². The maximum atomic E-state index is 13.7. The third kappa shape index (κ3) is 4.28. The number of ether oxygens (including phenoxy) is 5. The Balaban J connectivity index is 1.69. The number of rotatable bonds is 6. The van der Waals surface area contributed by atoms with Crippen LogP contribution in [0.4, 0.5) is 4.79 Å². The topological polar surface area (TPSA) is 66.5 Å². The van der Waals surface area contributed by atoms with Crippen LogP contribution in [-0.2, 0) is 15.2 Å². The number of nitrogens with zero attached hydrogens (tertiary/aromatic N) is 1. The predicted octanol–water partition coefficient (Wildman–Crippen LogP) is 6.81. The second-order valence-corrected chi connectivity index (χ2v) is 10.9. The molecule has 0 N–H and O–H groups in total. The second kappa shape index (κ2) is 9.51. The standard InChI is InChI=1S/C30H37NO6/c1-7-8-9-22-18-19-10-15-24(34-6)27-25(19)26(35-22)23-16-17-31(28(32)37-29(2,3)4)30(23,36-27)20-11-13-21(33-5)14-12-20/h10-15,18,23,26H,7-9,16-17H2,1-6H3/t23-,26+,30+/m1/s1. The van der Waals surface area contributed by atoms with E-state index in [2.05, 4.69) is 19.1 Å². The van der Waals surface area contributed by atoms with Gasteiger partial charge in [-0.3, -0.25) is 4.90 Å². The van der Waals surface area contributed by atoms with Crippen LogP contribution in [0.2, 0.25) is 0 Å². The van der Waals surface area contributed by atoms with Crippen LogP contribution >= 0.6 is 0 Å². The average Bonchev–Trinajstić information content (AvgIpc) is 3.27. The number of unbranched alkanes of at least 4 members (excludes halogenated alkanes) is 1. The molecule has 37 heavy (non-hydrogen) atoms. The summed E-state index contributed by atoms with van der Waals surface area (Å²) in [6.07, 6.45) is 5.11. The summed E-state index contributed by atoms with van der Waals surface area (Å²) in [5, 5.41) is 0. The van der Waals surface area contributed by atoms with Crippen LogP contribution in [0.1, 0.15) is 76.2 Å². The number of methoxy groups -OCH3 is 2. The van der Waals surface area contributed by atoms with E-state index in [1.54, 1.807) is 19.1 Å². The van der Waals surface area contributed by atoms with Crippen molar-refractivity contribution < 1.29 is 28.5 Å². The van der Waals surface area contributed by atoms with Gasteiger partial charge < -0.3 is 23.7 Å². The van der Waals surface area contributed by atoms with Gasteiger partial charge in [0.05, 0.1) is 25.9 Å². The summed E-state index contributed by atoms with van der Waals surface area (Å²) in [6.45, 7) is 8.28. The molecule has 1 saturated heterocycles. The van der Waals surface area contributed by atoms with Crippen molar-refractivity contribution in [2.24, 2.45) is 5.92 Å². The first-order valence-corrected chi connectivity index (χ1v) is 13.1. The molecule has 7 nitrogen and oxygen atoms in total. The fraction of sp³-hybridized carbons (Fsp3) is 0.500. The Morgan fingerprint density at radius 3 is 2.51 bits per heavy atom. The van der Waals surface area contributed by atoms with Gasteiger partial charge >= 0.3 is 6.09 Å². The number of allylic oxidation sites excluding steroid dienone is 1. The molecule has 3 heterocycles. The van der Waals surface area contributed by atoms with E-state index < -0.39 is 17.4 Å². The lowest BCUT2D eigenvalue weighted by Gasteiger charge is -2.49. The number of carbonyl (C=O) groups excluding carboxylic acids is 1. The van der Waals surface area contributed by atoms with Crippen molar-refractivity contribution in [2.75, 3.05) is 20.8 Å². The van der Waals surface area contributed by atoms with Crippen molar-refractivity contribution in [3.63, 3.8) is 0 Å². The van der Waals surface area contributed by atoms with Gasteiger partial charge in [-0.25, -0.2) is 4.79 Å². The molecule has 2 aromatic rings. The van der Waals surface area contributed by atoms with Crippen LogP contribution in [0, 0.1) is 5.92 Å². The minimum absolute atomic E-state index is 0.155. The maximum Gasteiger partial charge on any atom is 0.413 e. The number of likely N-dealkylation sites (tertiary alicyclic amines) is 1. The van der Waals surface area contributed by atoms with E-state index in [1.165, 1.54) is 0 Å². The van der Waals surface area contributed by atoms with Gasteiger partial charge in [0, 0.05) is 24.1 Å². The van der Waals surface area contributed by atoms with Gasteiger partial charge in [-0.2, -0.15) is 0 Å². The molecule has 1 amide bonds. The van der Waals surface area contributed by atoms with Crippen LogP contribution in [0.5, 0.6) is 17.2 Å². The zero-order chi connectivity index (χ0) is 26.4. The zero-order valence-electron chi connectivity index (χ0n) is 22.6. The highest BCUT2D eigenvalue weighted by Crippen LogP contribution is 2.61. The van der Waals surface area contributed by atoms with Crippen molar-refractivity contribution in [3.8, 4) is 17.2 Å². The summed E-state index contributed by atoms with van der Waals surface area (Å²) < 4.78 is 30.8. The van der Waals surface area contributed by atoms with E-state index in [9.17, 15) is 4.79 Å². The van der Waals surface area contributed by atoms with Crippen molar-refractivity contribution in [2.45, 2.75) is 70.8 Å². The SMILES string of the molecule is CCCCC1=Cc2ccc(OC)c3c2[C@@H](O1)[C@H]1CCN(C(=O)OC(C)(C)C)[C@@]1(c1ccc(OC)cc1)O3. The van der Waals surface area contributed by atoms with E-state index in [4.69, 9.17) is 23.7 Å². The first kappa shape index (κ1) is 25.3. The van der Waals surface area contributed by atoms with Crippen LogP contribution < -0.4 is 14.2 Å². The Morgan fingerprint density at radius 1 is 1.11 bits per heavy atom. The molecule has 0 bridgehead atoms. The summed E-state index contributed by atoms with van der Waals surface area (Å²) in [4.78, 5) is 15.4. The number of carbonyl (C=O) groups is 1. The average molecular weight is 508 g/mol. The quantitative estimate of drug-likeness (QED) is 0.428. The Labute approximate surface area is 219 Å². The highest BCUT2D eigenvalue weighted by molar-refractivity contribution is 5.72. The Morgan fingerprint density at radius 2 is 1.86 bits per heavy atom. The molecular formula is C30H37NO6. The Bertz CT molecular complexity index is 1200. The van der Waals surface area contributed by atoms with Crippen LogP contribution in [0.3, 0.4) is 0 Å². The molecule has 0 radical (unpaired) electrons. The molecule has 5 rings (SSSR count). The molecule has 3 atom stereocenters. The van der Waals surface area contributed by atoms with Gasteiger partial charge in [0.1, 0.15) is 17.5 Å². The molecule has 0 saturated carbocycles. The van der Waals surface area contributed by atoms with Crippen LogP contribution in [0.15, 0.2) is 42.2 Å². The third-order valence-corrected chi connectivity index (χ3v) is 7.38. The summed E-state index contributed by atoms with van der Waals surface area (Å²) in [5.74, 6) is 2.76. The summed E-state index contributed by atoms with van der Waals surface area (Å²) in [6, 6.07) is 11.7. The largest absolute Gasteiger partial charge is 0.497 e. The molecule has 0 aromatic heterocycles.